The first-order valence-electron chi connectivity index (χ1n) is 10.7. The van der Waals surface area contributed by atoms with Crippen molar-refractivity contribution in [1.82, 2.24) is 4.98 Å². The molecule has 1 aromatic heterocycles. The van der Waals surface area contributed by atoms with E-state index in [1.165, 1.54) is 12.0 Å². The van der Waals surface area contributed by atoms with Crippen molar-refractivity contribution in [2.45, 2.75) is 31.5 Å². The normalized spacial score (nSPS) is 28.6. The summed E-state index contributed by atoms with van der Waals surface area (Å²) in [5, 5.41) is 12.8. The molecule has 2 aromatic carbocycles. The Morgan fingerprint density at radius 1 is 1.10 bits per heavy atom. The van der Waals surface area contributed by atoms with Gasteiger partial charge in [0.25, 0.3) is 0 Å². The average molecular weight is 421 g/mol. The lowest BCUT2D eigenvalue weighted by Crippen LogP contribution is -3.00. The largest absolute Gasteiger partial charge is 1.00 e. The van der Waals surface area contributed by atoms with E-state index in [1.807, 2.05) is 30.5 Å². The van der Waals surface area contributed by atoms with Gasteiger partial charge in [0.1, 0.15) is 18.7 Å². The monoisotopic (exact) mass is 420 g/mol. The van der Waals surface area contributed by atoms with Gasteiger partial charge >= 0.3 is 0 Å². The third kappa shape index (κ3) is 3.56. The van der Waals surface area contributed by atoms with Crippen molar-refractivity contribution in [3.8, 4) is 0 Å². The number of quaternary nitrogens is 1. The van der Waals surface area contributed by atoms with Crippen LogP contribution in [0.15, 0.2) is 79.5 Å². The molecule has 30 heavy (non-hydrogen) atoms. The first-order valence-corrected chi connectivity index (χ1v) is 10.7. The summed E-state index contributed by atoms with van der Waals surface area (Å²) in [6.07, 6.45) is 5.79. The molecule has 0 aliphatic carbocycles. The number of para-hydroxylation sites is 1. The van der Waals surface area contributed by atoms with Crippen LogP contribution in [0.4, 0.5) is 0 Å². The molecule has 3 nitrogen and oxygen atoms in total. The van der Waals surface area contributed by atoms with Crippen LogP contribution in [0, 0.1) is 11.8 Å². The number of hydrogen-bond donors (Lipinski definition) is 1. The van der Waals surface area contributed by atoms with E-state index in [0.717, 1.165) is 47.0 Å². The highest BCUT2D eigenvalue weighted by Crippen LogP contribution is 2.47. The van der Waals surface area contributed by atoms with E-state index >= 15 is 0 Å². The fourth-order valence-electron chi connectivity index (χ4n) is 5.91. The van der Waals surface area contributed by atoms with Crippen LogP contribution in [-0.4, -0.2) is 33.7 Å². The molecule has 3 saturated heterocycles. The number of fused-ring (bicyclic) bond motifs is 4. The second-order valence-corrected chi connectivity index (χ2v) is 8.88. The maximum atomic E-state index is 11.7. The lowest BCUT2D eigenvalue weighted by molar-refractivity contribution is -0.984. The third-order valence-electron chi connectivity index (χ3n) is 7.38. The molecule has 2 bridgehead atoms. The number of piperidine rings is 3. The first kappa shape index (κ1) is 21.0. The number of aliphatic hydroxyl groups is 1. The minimum atomic E-state index is -0.486. The Morgan fingerprint density at radius 2 is 1.87 bits per heavy atom. The number of benzene rings is 2. The average Bonchev–Trinajstić information content (AvgIpc) is 2.78. The van der Waals surface area contributed by atoms with Crippen LogP contribution in [0.25, 0.3) is 10.9 Å². The molecule has 3 fully saturated rings. The smallest absolute Gasteiger partial charge is 0.131 e. The van der Waals surface area contributed by atoms with Crippen molar-refractivity contribution in [2.24, 2.45) is 11.8 Å². The summed E-state index contributed by atoms with van der Waals surface area (Å²) in [4.78, 5) is 4.50. The lowest BCUT2D eigenvalue weighted by Gasteiger charge is -2.58. The molecule has 0 saturated carbocycles. The summed E-state index contributed by atoms with van der Waals surface area (Å²) < 4.78 is 0.953. The molecule has 0 radical (unpaired) electrons. The van der Waals surface area contributed by atoms with Gasteiger partial charge in [-0.3, -0.25) is 4.98 Å². The standard InChI is InChI=1S/C26H29N2O.ClH/c1-2-20-18-28(17-19-8-4-3-5-9-19)15-13-21(20)16-25(28)26(29)23-12-14-27-24-11-7-6-10-22(23)24;/h2-12,14,20-21,25-26,29H,1,13,15-18H2;1H/q+1;/p-1/t20?,21?,25?,26?,28-;/m1./s1. The SMILES string of the molecule is C=CC1C[N@+]2(Cc3ccccc3)CCC1CC2C(O)c1ccnc2ccccc12.[Cl-]. The Morgan fingerprint density at radius 3 is 2.67 bits per heavy atom. The Balaban J connectivity index is 0.00000218. The molecule has 0 spiro atoms. The molecule has 4 unspecified atom stereocenters. The van der Waals surface area contributed by atoms with Crippen LogP contribution < -0.4 is 12.4 Å². The van der Waals surface area contributed by atoms with Gasteiger partial charge in [0.05, 0.1) is 18.6 Å². The molecule has 6 rings (SSSR count). The van der Waals surface area contributed by atoms with Crippen LogP contribution >= 0.6 is 0 Å². The van der Waals surface area contributed by atoms with Gasteiger partial charge in [0.2, 0.25) is 0 Å². The van der Waals surface area contributed by atoms with Crippen molar-refractivity contribution < 1.29 is 22.0 Å². The Kier molecular flexibility index (Phi) is 5.97. The highest BCUT2D eigenvalue weighted by molar-refractivity contribution is 5.82. The molecule has 3 aromatic rings. The van der Waals surface area contributed by atoms with E-state index in [0.29, 0.717) is 11.8 Å². The zero-order valence-electron chi connectivity index (χ0n) is 17.2. The third-order valence-corrected chi connectivity index (χ3v) is 7.38. The van der Waals surface area contributed by atoms with Crippen LogP contribution in [-0.2, 0) is 6.54 Å². The summed E-state index contributed by atoms with van der Waals surface area (Å²) in [5.41, 5.74) is 3.33. The summed E-state index contributed by atoms with van der Waals surface area (Å²) in [5.74, 6) is 1.18. The maximum absolute atomic E-state index is 11.7. The van der Waals surface area contributed by atoms with E-state index in [1.54, 1.807) is 0 Å². The minimum absolute atomic E-state index is 0. The van der Waals surface area contributed by atoms with Gasteiger partial charge in [-0.05, 0) is 23.6 Å². The highest BCUT2D eigenvalue weighted by Gasteiger charge is 2.53. The van der Waals surface area contributed by atoms with Crippen LogP contribution in [0.1, 0.15) is 30.1 Å². The van der Waals surface area contributed by atoms with Gasteiger partial charge in [-0.25, -0.2) is 0 Å². The number of rotatable bonds is 5. The zero-order valence-corrected chi connectivity index (χ0v) is 18.0. The summed E-state index contributed by atoms with van der Waals surface area (Å²) in [6.45, 7) is 7.32. The summed E-state index contributed by atoms with van der Waals surface area (Å²) >= 11 is 0. The predicted octanol–water partition coefficient (Wildman–Crippen LogP) is 1.88. The maximum Gasteiger partial charge on any atom is 0.131 e. The van der Waals surface area contributed by atoms with E-state index in [2.05, 4.69) is 54.0 Å². The number of pyridine rings is 1. The van der Waals surface area contributed by atoms with Crippen LogP contribution in [0.3, 0.4) is 0 Å². The first-order chi connectivity index (χ1) is 14.2. The van der Waals surface area contributed by atoms with E-state index in [9.17, 15) is 5.11 Å². The quantitative estimate of drug-likeness (QED) is 0.505. The second-order valence-electron chi connectivity index (χ2n) is 8.88. The summed E-state index contributed by atoms with van der Waals surface area (Å²) in [6, 6.07) is 21.2. The van der Waals surface area contributed by atoms with Gasteiger partial charge in [0, 0.05) is 35.9 Å². The molecule has 4 heteroatoms. The Hall–Kier alpha value is -2.20. The van der Waals surface area contributed by atoms with Gasteiger partial charge in [0.15, 0.2) is 0 Å². The van der Waals surface area contributed by atoms with Gasteiger partial charge in [-0.2, -0.15) is 0 Å². The zero-order chi connectivity index (χ0) is 19.8. The molecule has 156 valence electrons. The minimum Gasteiger partial charge on any atom is -1.00 e. The fraction of sp³-hybridized carbons (Fsp3) is 0.346. The highest BCUT2D eigenvalue weighted by atomic mass is 35.5. The number of aromatic nitrogens is 1. The van der Waals surface area contributed by atoms with E-state index in [4.69, 9.17) is 0 Å². The van der Waals surface area contributed by atoms with Gasteiger partial charge in [-0.15, -0.1) is 6.58 Å². The fourth-order valence-corrected chi connectivity index (χ4v) is 5.91. The number of hydrogen-bond acceptors (Lipinski definition) is 2. The second kappa shape index (κ2) is 8.50. The van der Waals surface area contributed by atoms with Gasteiger partial charge in [-0.1, -0.05) is 54.6 Å². The molecule has 3 aliphatic heterocycles. The van der Waals surface area contributed by atoms with Crippen molar-refractivity contribution in [2.75, 3.05) is 13.1 Å². The molecule has 3 aliphatic rings. The number of nitrogens with zero attached hydrogens (tertiary/aromatic N) is 2. The molecule has 4 heterocycles. The summed E-state index contributed by atoms with van der Waals surface area (Å²) in [7, 11) is 0. The van der Waals surface area contributed by atoms with Crippen molar-refractivity contribution in [3.05, 3.63) is 90.6 Å². The molecule has 1 N–H and O–H groups in total. The van der Waals surface area contributed by atoms with Crippen LogP contribution in [0.2, 0.25) is 0 Å². The molecular formula is C26H29ClN2O. The number of halogens is 1. The Labute approximate surface area is 185 Å². The van der Waals surface area contributed by atoms with Crippen molar-refractivity contribution >= 4 is 10.9 Å². The van der Waals surface area contributed by atoms with E-state index in [-0.39, 0.29) is 18.4 Å². The lowest BCUT2D eigenvalue weighted by atomic mass is 9.71. The van der Waals surface area contributed by atoms with Crippen LogP contribution in [0.5, 0.6) is 0 Å². The number of aliphatic hydroxyl groups excluding tert-OH is 1. The molecule has 5 atom stereocenters. The van der Waals surface area contributed by atoms with Crippen molar-refractivity contribution in [3.63, 3.8) is 0 Å². The van der Waals surface area contributed by atoms with Crippen molar-refractivity contribution in [1.29, 1.82) is 0 Å². The topological polar surface area (TPSA) is 33.1 Å². The van der Waals surface area contributed by atoms with Gasteiger partial charge < -0.3 is 22.0 Å². The Bertz CT molecular complexity index is 1020. The predicted molar refractivity (Wildman–Crippen MR) is 117 cm³/mol. The molecule has 0 amide bonds. The molecular weight excluding hydrogens is 392 g/mol. The van der Waals surface area contributed by atoms with E-state index < -0.39 is 6.10 Å².